The highest BCUT2D eigenvalue weighted by Gasteiger charge is 2.26. The van der Waals surface area contributed by atoms with E-state index >= 15 is 0 Å². The normalized spacial score (nSPS) is 18.2. The summed E-state index contributed by atoms with van der Waals surface area (Å²) in [6.45, 7) is 4.94. The molecule has 0 radical (unpaired) electrons. The van der Waals surface area contributed by atoms with E-state index < -0.39 is 0 Å². The largest absolute Gasteiger partial charge is 0.440 e. The molecule has 0 saturated carbocycles. The van der Waals surface area contributed by atoms with Crippen molar-refractivity contribution in [2.24, 2.45) is 0 Å². The summed E-state index contributed by atoms with van der Waals surface area (Å²) in [5, 5.41) is 0. The Morgan fingerprint density at radius 3 is 2.83 bits per heavy atom. The predicted molar refractivity (Wildman–Crippen MR) is 90.0 cm³/mol. The minimum Gasteiger partial charge on any atom is -0.440 e. The van der Waals surface area contributed by atoms with E-state index in [0.29, 0.717) is 24.1 Å². The molecule has 0 bridgehead atoms. The summed E-state index contributed by atoms with van der Waals surface area (Å²) in [6, 6.07) is 10.2. The highest BCUT2D eigenvalue weighted by Crippen LogP contribution is 2.24. The Morgan fingerprint density at radius 1 is 1.30 bits per heavy atom. The van der Waals surface area contributed by atoms with Gasteiger partial charge in [-0.2, -0.15) is 0 Å². The van der Waals surface area contributed by atoms with Crippen molar-refractivity contribution in [3.63, 3.8) is 0 Å². The number of nitrogens with zero attached hydrogens (tertiary/aromatic N) is 2. The molecule has 1 atom stereocenters. The number of amides is 1. The quantitative estimate of drug-likeness (QED) is 0.857. The van der Waals surface area contributed by atoms with Crippen molar-refractivity contribution >= 4 is 5.91 Å². The lowest BCUT2D eigenvalue weighted by atomic mass is 9.99. The maximum atomic E-state index is 12.7. The number of likely N-dealkylation sites (tertiary alicyclic amines) is 1. The molecular formula is C19H24N2O2. The van der Waals surface area contributed by atoms with Crippen molar-refractivity contribution in [2.45, 2.75) is 52.0 Å². The SMILES string of the molecule is CCC1CCCCN1C(=O)Cc1oc(-c2ccccc2)nc1C. The van der Waals surface area contributed by atoms with Crippen LogP contribution in [0.15, 0.2) is 34.7 Å². The zero-order valence-electron chi connectivity index (χ0n) is 13.9. The molecule has 4 heteroatoms. The third-order valence-corrected chi connectivity index (χ3v) is 4.64. The number of benzene rings is 1. The Morgan fingerprint density at radius 2 is 2.09 bits per heavy atom. The average Bonchev–Trinajstić information content (AvgIpc) is 2.96. The van der Waals surface area contributed by atoms with E-state index in [1.165, 1.54) is 6.42 Å². The number of oxazole rings is 1. The van der Waals surface area contributed by atoms with Gasteiger partial charge in [-0.05, 0) is 44.7 Å². The van der Waals surface area contributed by atoms with E-state index in [-0.39, 0.29) is 5.91 Å². The molecule has 122 valence electrons. The van der Waals surface area contributed by atoms with Gasteiger partial charge in [-0.15, -0.1) is 0 Å². The van der Waals surface area contributed by atoms with Crippen LogP contribution in [0.3, 0.4) is 0 Å². The molecule has 0 spiro atoms. The second kappa shape index (κ2) is 6.99. The molecule has 1 aromatic heterocycles. The monoisotopic (exact) mass is 312 g/mol. The van der Waals surface area contributed by atoms with E-state index in [2.05, 4.69) is 11.9 Å². The number of carbonyl (C=O) groups excluding carboxylic acids is 1. The van der Waals surface area contributed by atoms with E-state index in [1.54, 1.807) is 0 Å². The van der Waals surface area contributed by atoms with E-state index in [0.717, 1.165) is 37.1 Å². The Bertz CT molecular complexity index is 663. The third-order valence-electron chi connectivity index (χ3n) is 4.64. The molecule has 1 aliphatic heterocycles. The van der Waals surface area contributed by atoms with Gasteiger partial charge in [-0.25, -0.2) is 4.98 Å². The molecule has 0 aliphatic carbocycles. The number of carbonyl (C=O) groups is 1. The minimum absolute atomic E-state index is 0.162. The van der Waals surface area contributed by atoms with Gasteiger partial charge in [0, 0.05) is 18.2 Å². The molecule has 23 heavy (non-hydrogen) atoms. The van der Waals surface area contributed by atoms with Crippen LogP contribution in [0.4, 0.5) is 0 Å². The maximum absolute atomic E-state index is 12.7. The highest BCUT2D eigenvalue weighted by molar-refractivity contribution is 5.79. The van der Waals surface area contributed by atoms with Crippen molar-refractivity contribution in [3.8, 4) is 11.5 Å². The first-order chi connectivity index (χ1) is 11.2. The van der Waals surface area contributed by atoms with Gasteiger partial charge >= 0.3 is 0 Å². The first kappa shape index (κ1) is 15.8. The van der Waals surface area contributed by atoms with Gasteiger partial charge in [0.25, 0.3) is 0 Å². The molecule has 1 amide bonds. The number of piperidine rings is 1. The van der Waals surface area contributed by atoms with Gasteiger partial charge in [-0.3, -0.25) is 4.79 Å². The maximum Gasteiger partial charge on any atom is 0.230 e. The van der Waals surface area contributed by atoms with Crippen LogP contribution in [0, 0.1) is 6.92 Å². The molecule has 2 aromatic rings. The topological polar surface area (TPSA) is 46.3 Å². The van der Waals surface area contributed by atoms with Gasteiger partial charge in [0.15, 0.2) is 0 Å². The lowest BCUT2D eigenvalue weighted by Crippen LogP contribution is -2.44. The summed E-state index contributed by atoms with van der Waals surface area (Å²) in [5.74, 6) is 1.45. The van der Waals surface area contributed by atoms with Crippen LogP contribution in [-0.2, 0) is 11.2 Å². The number of hydrogen-bond acceptors (Lipinski definition) is 3. The molecule has 1 aliphatic rings. The fourth-order valence-electron chi connectivity index (χ4n) is 3.29. The zero-order valence-corrected chi connectivity index (χ0v) is 13.9. The van der Waals surface area contributed by atoms with Crippen molar-refractivity contribution in [1.82, 2.24) is 9.88 Å². The van der Waals surface area contributed by atoms with Crippen molar-refractivity contribution in [1.29, 1.82) is 0 Å². The summed E-state index contributed by atoms with van der Waals surface area (Å²) in [7, 11) is 0. The zero-order chi connectivity index (χ0) is 16.2. The first-order valence-electron chi connectivity index (χ1n) is 8.50. The van der Waals surface area contributed by atoms with E-state index in [1.807, 2.05) is 42.2 Å². The number of hydrogen-bond donors (Lipinski definition) is 0. The van der Waals surface area contributed by atoms with Crippen LogP contribution in [0.2, 0.25) is 0 Å². The van der Waals surface area contributed by atoms with Crippen LogP contribution in [0.5, 0.6) is 0 Å². The van der Waals surface area contributed by atoms with Crippen LogP contribution in [0.25, 0.3) is 11.5 Å². The summed E-state index contributed by atoms with van der Waals surface area (Å²) < 4.78 is 5.87. The Hall–Kier alpha value is -2.10. The predicted octanol–water partition coefficient (Wildman–Crippen LogP) is 3.98. The molecule has 1 saturated heterocycles. The standard InChI is InChI=1S/C19H24N2O2/c1-3-16-11-7-8-12-21(16)18(22)13-17-14(2)20-19(23-17)15-9-5-4-6-10-15/h4-6,9-10,16H,3,7-8,11-13H2,1-2H3. The van der Waals surface area contributed by atoms with Gasteiger partial charge in [-0.1, -0.05) is 25.1 Å². The molecule has 3 rings (SSSR count). The Balaban J connectivity index is 1.75. The molecule has 2 heterocycles. The number of rotatable bonds is 4. The highest BCUT2D eigenvalue weighted by atomic mass is 16.4. The summed E-state index contributed by atoms with van der Waals surface area (Å²) in [6.07, 6.45) is 4.78. The fourth-order valence-corrected chi connectivity index (χ4v) is 3.29. The first-order valence-corrected chi connectivity index (χ1v) is 8.50. The van der Waals surface area contributed by atoms with Crippen molar-refractivity contribution in [3.05, 3.63) is 41.8 Å². The molecule has 4 nitrogen and oxygen atoms in total. The van der Waals surface area contributed by atoms with E-state index in [9.17, 15) is 4.79 Å². The van der Waals surface area contributed by atoms with Crippen LogP contribution < -0.4 is 0 Å². The summed E-state index contributed by atoms with van der Waals surface area (Å²) in [5.41, 5.74) is 1.75. The Labute approximate surface area is 137 Å². The lowest BCUT2D eigenvalue weighted by molar-refractivity contribution is -0.134. The summed E-state index contributed by atoms with van der Waals surface area (Å²) >= 11 is 0. The number of aromatic nitrogens is 1. The van der Waals surface area contributed by atoms with Crippen molar-refractivity contribution < 1.29 is 9.21 Å². The minimum atomic E-state index is 0.162. The second-order valence-electron chi connectivity index (χ2n) is 6.22. The van der Waals surface area contributed by atoms with Crippen molar-refractivity contribution in [2.75, 3.05) is 6.54 Å². The molecule has 1 unspecified atom stereocenters. The average molecular weight is 312 g/mol. The van der Waals surface area contributed by atoms with Crippen LogP contribution >= 0.6 is 0 Å². The fraction of sp³-hybridized carbons (Fsp3) is 0.474. The molecular weight excluding hydrogens is 288 g/mol. The lowest BCUT2D eigenvalue weighted by Gasteiger charge is -2.35. The van der Waals surface area contributed by atoms with Crippen LogP contribution in [-0.4, -0.2) is 28.4 Å². The van der Waals surface area contributed by atoms with Gasteiger partial charge in [0.2, 0.25) is 11.8 Å². The van der Waals surface area contributed by atoms with Gasteiger partial charge < -0.3 is 9.32 Å². The van der Waals surface area contributed by atoms with Gasteiger partial charge in [0.05, 0.1) is 12.1 Å². The molecule has 1 aromatic carbocycles. The molecule has 0 N–H and O–H groups in total. The number of aryl methyl sites for hydroxylation is 1. The smallest absolute Gasteiger partial charge is 0.230 e. The third kappa shape index (κ3) is 3.46. The Kier molecular flexibility index (Phi) is 4.79. The van der Waals surface area contributed by atoms with Crippen LogP contribution in [0.1, 0.15) is 44.1 Å². The van der Waals surface area contributed by atoms with Gasteiger partial charge in [0.1, 0.15) is 5.76 Å². The second-order valence-corrected chi connectivity index (χ2v) is 6.22. The summed E-state index contributed by atoms with van der Waals surface area (Å²) in [4.78, 5) is 19.2. The molecule has 1 fully saturated rings. The van der Waals surface area contributed by atoms with E-state index in [4.69, 9.17) is 4.42 Å².